The van der Waals surface area contributed by atoms with Crippen LogP contribution in [0.5, 0.6) is 0 Å². The molecule has 1 heteroatoms. The molecule has 0 amide bonds. The maximum Gasteiger partial charge on any atom is 0.118 e. The second-order valence-electron chi connectivity index (χ2n) is 3.97. The fraction of sp³-hybridized carbons (Fsp3) is 1.00. The fourth-order valence-electron chi connectivity index (χ4n) is 1.63. The molecule has 0 aliphatic carbocycles. The lowest BCUT2D eigenvalue weighted by molar-refractivity contribution is 0.562. The molecule has 0 spiro atoms. The fourth-order valence-corrected chi connectivity index (χ4v) is 1.92. The van der Waals surface area contributed by atoms with Gasteiger partial charge in [-0.15, -0.1) is 5.28 Å². The highest BCUT2D eigenvalue weighted by Crippen LogP contribution is 2.10. The van der Waals surface area contributed by atoms with Crippen LogP contribution in [-0.4, -0.2) is 16.3 Å². The lowest BCUT2D eigenvalue weighted by atomic mass is 10.1. The first-order valence-electron chi connectivity index (χ1n) is 6.12. The maximum absolute atomic E-state index is 2.81. The smallest absolute Gasteiger partial charge is 0.118 e. The summed E-state index contributed by atoms with van der Waals surface area (Å²) in [5.74, 6) is 0. The molecule has 0 rings (SSSR count). The van der Waals surface area contributed by atoms with E-state index in [9.17, 15) is 0 Å². The summed E-state index contributed by atoms with van der Waals surface area (Å²) in [6, 6.07) is 0. The SMILES string of the molecule is CCCCCCCCCCC[CH2][Al].[HH].[HH]. The Kier molecular flexibility index (Phi) is 13.0. The zero-order valence-electron chi connectivity index (χ0n) is 9.36. The van der Waals surface area contributed by atoms with Crippen LogP contribution in [-0.2, 0) is 0 Å². The number of rotatable bonds is 10. The van der Waals surface area contributed by atoms with Crippen molar-refractivity contribution in [1.82, 2.24) is 0 Å². The minimum Gasteiger partial charge on any atom is -0.118 e. The zero-order chi connectivity index (χ0) is 9.78. The van der Waals surface area contributed by atoms with Crippen LogP contribution in [0.2, 0.25) is 5.28 Å². The molecule has 2 radical (unpaired) electrons. The van der Waals surface area contributed by atoms with Crippen molar-refractivity contribution in [2.45, 2.75) is 76.4 Å². The molecule has 0 aromatic carbocycles. The molecule has 0 atom stereocenters. The van der Waals surface area contributed by atoms with Crippen LogP contribution >= 0.6 is 0 Å². The van der Waals surface area contributed by atoms with E-state index in [1.807, 2.05) is 0 Å². The van der Waals surface area contributed by atoms with Gasteiger partial charge in [-0.3, -0.25) is 0 Å². The summed E-state index contributed by atoms with van der Waals surface area (Å²) in [6.45, 7) is 2.28. The van der Waals surface area contributed by atoms with E-state index in [4.69, 9.17) is 0 Å². The molecule has 0 aromatic heterocycles. The third kappa shape index (κ3) is 12.5. The topological polar surface area (TPSA) is 0 Å². The monoisotopic (exact) mass is 200 g/mol. The van der Waals surface area contributed by atoms with Crippen LogP contribution in [0.4, 0.5) is 0 Å². The first kappa shape index (κ1) is 13.5. The highest BCUT2D eigenvalue weighted by atomic mass is 27.0. The van der Waals surface area contributed by atoms with Gasteiger partial charge in [-0.1, -0.05) is 71.1 Å². The normalized spacial score (nSPS) is 10.5. The Bertz CT molecular complexity index is 79.7. The predicted octanol–water partition coefficient (Wildman–Crippen LogP) is 4.99. The van der Waals surface area contributed by atoms with E-state index >= 15 is 0 Å². The van der Waals surface area contributed by atoms with E-state index in [2.05, 4.69) is 23.2 Å². The zero-order valence-corrected chi connectivity index (χ0v) is 10.5. The number of unbranched alkanes of at least 4 members (excludes halogenated alkanes) is 9. The Morgan fingerprint density at radius 2 is 1.08 bits per heavy atom. The molecular weight excluding hydrogens is 171 g/mol. The molecule has 0 bridgehead atoms. The Labute approximate surface area is 95.9 Å². The third-order valence-electron chi connectivity index (χ3n) is 2.56. The van der Waals surface area contributed by atoms with Crippen molar-refractivity contribution in [3.63, 3.8) is 0 Å². The minimum absolute atomic E-state index is 0. The molecule has 0 aliphatic heterocycles. The van der Waals surface area contributed by atoms with Crippen LogP contribution in [0.15, 0.2) is 0 Å². The van der Waals surface area contributed by atoms with E-state index in [1.54, 1.807) is 0 Å². The second kappa shape index (κ2) is 12.5. The largest absolute Gasteiger partial charge is 0.118 e. The molecule has 0 saturated carbocycles. The van der Waals surface area contributed by atoms with E-state index in [0.29, 0.717) is 0 Å². The third-order valence-corrected chi connectivity index (χ3v) is 2.97. The van der Waals surface area contributed by atoms with Gasteiger partial charge in [0.25, 0.3) is 0 Å². The average molecular weight is 200 g/mol. The lowest BCUT2D eigenvalue weighted by Gasteiger charge is -2.00. The molecule has 0 heterocycles. The van der Waals surface area contributed by atoms with Crippen LogP contribution in [0.1, 0.15) is 74.0 Å². The number of hydrogen-bond donors (Lipinski definition) is 0. The summed E-state index contributed by atoms with van der Waals surface area (Å²) >= 11 is 2.81. The Balaban J connectivity index is -0.000000720. The summed E-state index contributed by atoms with van der Waals surface area (Å²) in [4.78, 5) is 0. The Hall–Kier alpha value is 0.532. The van der Waals surface area contributed by atoms with E-state index in [1.165, 1.54) is 69.5 Å². The molecule has 0 saturated heterocycles. The van der Waals surface area contributed by atoms with Gasteiger partial charge in [-0.25, -0.2) is 0 Å². The van der Waals surface area contributed by atoms with Crippen molar-refractivity contribution in [2.24, 2.45) is 0 Å². The van der Waals surface area contributed by atoms with Crippen LogP contribution in [0.3, 0.4) is 0 Å². The van der Waals surface area contributed by atoms with Crippen molar-refractivity contribution >= 4 is 16.3 Å². The minimum atomic E-state index is 0. The standard InChI is InChI=1S/C12H25.Al.2H2/c1-3-5-7-9-11-12-10-8-6-4-2;;;/h1,3-12H2,2H3;;2*1H. The molecule has 0 nitrogen and oxygen atoms in total. The van der Waals surface area contributed by atoms with Gasteiger partial charge in [-0.05, 0) is 0 Å². The highest BCUT2D eigenvalue weighted by Gasteiger charge is 1.90. The molecular formula is C12H29Al. The summed E-state index contributed by atoms with van der Waals surface area (Å²) in [5, 5.41) is 1.29. The van der Waals surface area contributed by atoms with Gasteiger partial charge in [0.15, 0.2) is 0 Å². The second-order valence-corrected chi connectivity index (χ2v) is 4.55. The molecule has 80 valence electrons. The quantitative estimate of drug-likeness (QED) is 0.344. The lowest BCUT2D eigenvalue weighted by Crippen LogP contribution is -1.81. The summed E-state index contributed by atoms with van der Waals surface area (Å²) in [5.41, 5.74) is 0. The molecule has 0 aromatic rings. The van der Waals surface area contributed by atoms with Gasteiger partial charge in [0.05, 0.1) is 0 Å². The molecule has 0 unspecified atom stereocenters. The summed E-state index contributed by atoms with van der Waals surface area (Å²) < 4.78 is 0. The van der Waals surface area contributed by atoms with Crippen molar-refractivity contribution in [2.75, 3.05) is 0 Å². The van der Waals surface area contributed by atoms with Gasteiger partial charge in [0, 0.05) is 2.85 Å². The van der Waals surface area contributed by atoms with E-state index in [0.717, 1.165) is 0 Å². The van der Waals surface area contributed by atoms with Crippen LogP contribution in [0.25, 0.3) is 0 Å². The van der Waals surface area contributed by atoms with Crippen LogP contribution < -0.4 is 0 Å². The summed E-state index contributed by atoms with van der Waals surface area (Å²) in [7, 11) is 0. The molecule has 13 heavy (non-hydrogen) atoms. The Morgan fingerprint density at radius 1 is 0.692 bits per heavy atom. The maximum atomic E-state index is 2.81. The van der Waals surface area contributed by atoms with Gasteiger partial charge in [0.2, 0.25) is 0 Å². The first-order valence-corrected chi connectivity index (χ1v) is 6.93. The van der Waals surface area contributed by atoms with Crippen molar-refractivity contribution in [3.8, 4) is 0 Å². The predicted molar refractivity (Wildman–Crippen MR) is 66.6 cm³/mol. The van der Waals surface area contributed by atoms with Crippen molar-refractivity contribution in [1.29, 1.82) is 0 Å². The summed E-state index contributed by atoms with van der Waals surface area (Å²) in [6.07, 6.45) is 14.5. The van der Waals surface area contributed by atoms with Crippen molar-refractivity contribution < 1.29 is 2.85 Å². The highest BCUT2D eigenvalue weighted by molar-refractivity contribution is 6.08. The Morgan fingerprint density at radius 3 is 1.46 bits per heavy atom. The molecule has 0 aliphatic rings. The van der Waals surface area contributed by atoms with E-state index in [-0.39, 0.29) is 2.85 Å². The number of hydrogen-bond acceptors (Lipinski definition) is 0. The van der Waals surface area contributed by atoms with Crippen LogP contribution in [0, 0.1) is 0 Å². The van der Waals surface area contributed by atoms with Gasteiger partial charge >= 0.3 is 0 Å². The average Bonchev–Trinajstić information content (AvgIpc) is 2.16. The van der Waals surface area contributed by atoms with Crippen molar-refractivity contribution in [3.05, 3.63) is 0 Å². The first-order chi connectivity index (χ1) is 6.41. The van der Waals surface area contributed by atoms with Gasteiger partial charge < -0.3 is 0 Å². The van der Waals surface area contributed by atoms with Gasteiger partial charge in [-0.2, -0.15) is 0 Å². The molecule has 0 N–H and O–H groups in total. The van der Waals surface area contributed by atoms with Gasteiger partial charge in [0.1, 0.15) is 16.3 Å². The van der Waals surface area contributed by atoms with E-state index < -0.39 is 0 Å². The molecule has 0 fully saturated rings.